The SMILES string of the molecule is CCc1ccc(C(=O)N2CCN(Cc3ncc(C(C)(C)C)o3)CC2)cc1. The zero-order valence-corrected chi connectivity index (χ0v) is 16.3. The Morgan fingerprint density at radius 3 is 2.31 bits per heavy atom. The maximum atomic E-state index is 12.7. The quantitative estimate of drug-likeness (QED) is 0.842. The molecule has 1 saturated heterocycles. The van der Waals surface area contributed by atoms with Crippen LogP contribution in [0.3, 0.4) is 0 Å². The van der Waals surface area contributed by atoms with Gasteiger partial charge in [-0.25, -0.2) is 4.98 Å². The van der Waals surface area contributed by atoms with Gasteiger partial charge in [0.2, 0.25) is 5.89 Å². The topological polar surface area (TPSA) is 49.6 Å². The van der Waals surface area contributed by atoms with Crippen LogP contribution in [0.2, 0.25) is 0 Å². The molecule has 1 fully saturated rings. The largest absolute Gasteiger partial charge is 0.444 e. The molecule has 5 heteroatoms. The van der Waals surface area contributed by atoms with E-state index in [0.29, 0.717) is 6.54 Å². The van der Waals surface area contributed by atoms with Crippen molar-refractivity contribution in [3.8, 4) is 0 Å². The maximum absolute atomic E-state index is 12.7. The smallest absolute Gasteiger partial charge is 0.253 e. The van der Waals surface area contributed by atoms with Crippen molar-refractivity contribution in [2.24, 2.45) is 0 Å². The summed E-state index contributed by atoms with van der Waals surface area (Å²) in [5.74, 6) is 1.79. The van der Waals surface area contributed by atoms with Gasteiger partial charge in [0.25, 0.3) is 5.91 Å². The van der Waals surface area contributed by atoms with Crippen molar-refractivity contribution in [3.63, 3.8) is 0 Å². The van der Waals surface area contributed by atoms with E-state index in [-0.39, 0.29) is 11.3 Å². The Morgan fingerprint density at radius 2 is 1.77 bits per heavy atom. The minimum atomic E-state index is -0.0241. The summed E-state index contributed by atoms with van der Waals surface area (Å²) < 4.78 is 5.88. The van der Waals surface area contributed by atoms with Gasteiger partial charge in [-0.05, 0) is 24.1 Å². The van der Waals surface area contributed by atoms with Gasteiger partial charge in [-0.1, -0.05) is 39.8 Å². The van der Waals surface area contributed by atoms with Crippen LogP contribution in [0.4, 0.5) is 0 Å². The Bertz CT molecular complexity index is 735. The fraction of sp³-hybridized carbons (Fsp3) is 0.524. The van der Waals surface area contributed by atoms with E-state index < -0.39 is 0 Å². The van der Waals surface area contributed by atoms with Gasteiger partial charge in [0.05, 0.1) is 12.7 Å². The van der Waals surface area contributed by atoms with Gasteiger partial charge < -0.3 is 9.32 Å². The number of oxazole rings is 1. The van der Waals surface area contributed by atoms with Crippen LogP contribution in [-0.2, 0) is 18.4 Å². The molecule has 0 atom stereocenters. The molecule has 3 rings (SSSR count). The number of nitrogens with zero attached hydrogens (tertiary/aromatic N) is 3. The lowest BCUT2D eigenvalue weighted by Gasteiger charge is -2.34. The molecule has 2 heterocycles. The van der Waals surface area contributed by atoms with Gasteiger partial charge >= 0.3 is 0 Å². The number of aryl methyl sites for hydroxylation is 1. The highest BCUT2D eigenvalue weighted by Gasteiger charge is 2.24. The monoisotopic (exact) mass is 355 g/mol. The van der Waals surface area contributed by atoms with E-state index >= 15 is 0 Å². The summed E-state index contributed by atoms with van der Waals surface area (Å²) in [5, 5.41) is 0. The van der Waals surface area contributed by atoms with E-state index in [9.17, 15) is 4.79 Å². The molecule has 0 bridgehead atoms. The van der Waals surface area contributed by atoms with Gasteiger partial charge in [-0.3, -0.25) is 9.69 Å². The highest BCUT2D eigenvalue weighted by atomic mass is 16.4. The maximum Gasteiger partial charge on any atom is 0.253 e. The molecule has 0 radical (unpaired) electrons. The second-order valence-corrected chi connectivity index (χ2v) is 7.99. The molecular formula is C21H29N3O2. The second-order valence-electron chi connectivity index (χ2n) is 7.99. The van der Waals surface area contributed by atoms with Crippen LogP contribution in [0.15, 0.2) is 34.9 Å². The number of hydrogen-bond donors (Lipinski definition) is 0. The molecule has 0 aliphatic carbocycles. The van der Waals surface area contributed by atoms with Crippen LogP contribution in [-0.4, -0.2) is 46.9 Å². The third-order valence-electron chi connectivity index (χ3n) is 4.92. The van der Waals surface area contributed by atoms with Crippen LogP contribution >= 0.6 is 0 Å². The predicted molar refractivity (Wildman–Crippen MR) is 102 cm³/mol. The Kier molecular flexibility index (Phi) is 5.47. The third kappa shape index (κ3) is 4.33. The summed E-state index contributed by atoms with van der Waals surface area (Å²) in [6.07, 6.45) is 2.82. The van der Waals surface area contributed by atoms with Crippen molar-refractivity contribution in [2.75, 3.05) is 26.2 Å². The summed E-state index contributed by atoms with van der Waals surface area (Å²) in [5.41, 5.74) is 2.01. The van der Waals surface area contributed by atoms with E-state index in [2.05, 4.69) is 37.6 Å². The standard InChI is InChI=1S/C21H29N3O2/c1-5-16-6-8-17(9-7-16)20(25)24-12-10-23(11-13-24)15-19-22-14-18(26-19)21(2,3)4/h6-9,14H,5,10-13,15H2,1-4H3. The van der Waals surface area contributed by atoms with Gasteiger partial charge in [-0.15, -0.1) is 0 Å². The fourth-order valence-electron chi connectivity index (χ4n) is 3.10. The summed E-state index contributed by atoms with van der Waals surface area (Å²) in [7, 11) is 0. The van der Waals surface area contributed by atoms with Gasteiger partial charge in [0, 0.05) is 37.2 Å². The summed E-state index contributed by atoms with van der Waals surface area (Å²) in [4.78, 5) is 21.3. The molecule has 26 heavy (non-hydrogen) atoms. The third-order valence-corrected chi connectivity index (χ3v) is 4.92. The van der Waals surface area contributed by atoms with Crippen molar-refractivity contribution in [1.82, 2.24) is 14.8 Å². The molecular weight excluding hydrogens is 326 g/mol. The molecule has 2 aromatic rings. The summed E-state index contributed by atoms with van der Waals surface area (Å²) in [6.45, 7) is 12.3. The van der Waals surface area contributed by atoms with E-state index in [1.807, 2.05) is 35.4 Å². The molecule has 0 saturated carbocycles. The molecule has 1 aliphatic rings. The lowest BCUT2D eigenvalue weighted by molar-refractivity contribution is 0.0617. The van der Waals surface area contributed by atoms with Crippen LogP contribution in [0.1, 0.15) is 55.3 Å². The number of aromatic nitrogens is 1. The van der Waals surface area contributed by atoms with E-state index in [1.165, 1.54) is 5.56 Å². The first kappa shape index (κ1) is 18.6. The molecule has 140 valence electrons. The minimum absolute atomic E-state index is 0.0241. The Morgan fingerprint density at radius 1 is 1.12 bits per heavy atom. The van der Waals surface area contributed by atoms with Gasteiger partial charge in [-0.2, -0.15) is 0 Å². The first-order valence-electron chi connectivity index (χ1n) is 9.42. The molecule has 5 nitrogen and oxygen atoms in total. The Balaban J connectivity index is 1.53. The van der Waals surface area contributed by atoms with Gasteiger partial charge in [0.15, 0.2) is 0 Å². The number of benzene rings is 1. The fourth-order valence-corrected chi connectivity index (χ4v) is 3.10. The van der Waals surface area contributed by atoms with Crippen LogP contribution in [0.5, 0.6) is 0 Å². The average molecular weight is 355 g/mol. The van der Waals surface area contributed by atoms with Crippen molar-refractivity contribution < 1.29 is 9.21 Å². The first-order valence-corrected chi connectivity index (χ1v) is 9.42. The number of piperazine rings is 1. The zero-order valence-electron chi connectivity index (χ0n) is 16.3. The van der Waals surface area contributed by atoms with Gasteiger partial charge in [0.1, 0.15) is 5.76 Å². The molecule has 0 N–H and O–H groups in total. The average Bonchev–Trinajstić information content (AvgIpc) is 3.11. The normalized spacial score (nSPS) is 16.1. The first-order chi connectivity index (χ1) is 12.4. The number of hydrogen-bond acceptors (Lipinski definition) is 4. The summed E-state index contributed by atoms with van der Waals surface area (Å²) >= 11 is 0. The molecule has 0 unspecified atom stereocenters. The molecule has 1 aromatic heterocycles. The predicted octanol–water partition coefficient (Wildman–Crippen LogP) is 3.49. The van der Waals surface area contributed by atoms with Crippen molar-refractivity contribution in [2.45, 2.75) is 46.1 Å². The van der Waals surface area contributed by atoms with E-state index in [0.717, 1.165) is 49.8 Å². The van der Waals surface area contributed by atoms with Crippen molar-refractivity contribution in [1.29, 1.82) is 0 Å². The Hall–Kier alpha value is -2.14. The molecule has 1 amide bonds. The lowest BCUT2D eigenvalue weighted by Crippen LogP contribution is -2.48. The van der Waals surface area contributed by atoms with E-state index in [4.69, 9.17) is 4.42 Å². The highest BCUT2D eigenvalue weighted by molar-refractivity contribution is 5.94. The number of rotatable bonds is 4. The number of carbonyl (C=O) groups excluding carboxylic acids is 1. The molecule has 1 aliphatic heterocycles. The second kappa shape index (κ2) is 7.62. The number of amides is 1. The summed E-state index contributed by atoms with van der Waals surface area (Å²) in [6, 6.07) is 7.96. The lowest BCUT2D eigenvalue weighted by atomic mass is 9.94. The molecule has 0 spiro atoms. The minimum Gasteiger partial charge on any atom is -0.444 e. The van der Waals surface area contributed by atoms with Crippen molar-refractivity contribution in [3.05, 3.63) is 53.2 Å². The molecule has 1 aromatic carbocycles. The van der Waals surface area contributed by atoms with Crippen molar-refractivity contribution >= 4 is 5.91 Å². The van der Waals surface area contributed by atoms with Crippen LogP contribution in [0.25, 0.3) is 0 Å². The highest BCUT2D eigenvalue weighted by Crippen LogP contribution is 2.23. The zero-order chi connectivity index (χ0) is 18.7. The van der Waals surface area contributed by atoms with Crippen LogP contribution < -0.4 is 0 Å². The Labute approximate surface area is 156 Å². The van der Waals surface area contributed by atoms with E-state index in [1.54, 1.807) is 0 Å². The number of carbonyl (C=O) groups is 1. The van der Waals surface area contributed by atoms with Crippen LogP contribution in [0, 0.1) is 0 Å².